The molecule has 2 heterocycles. The first-order valence-corrected chi connectivity index (χ1v) is 9.72. The van der Waals surface area contributed by atoms with Gasteiger partial charge in [0.15, 0.2) is 5.58 Å². The van der Waals surface area contributed by atoms with Crippen molar-refractivity contribution in [2.24, 2.45) is 12.8 Å². The van der Waals surface area contributed by atoms with Crippen molar-refractivity contribution < 1.29 is 12.8 Å². The summed E-state index contributed by atoms with van der Waals surface area (Å²) in [5, 5.41) is 0. The van der Waals surface area contributed by atoms with E-state index >= 15 is 0 Å². The van der Waals surface area contributed by atoms with Crippen molar-refractivity contribution in [2.75, 3.05) is 13.1 Å². The highest BCUT2D eigenvalue weighted by atomic mass is 35.5. The zero-order valence-corrected chi connectivity index (χ0v) is 16.2. The van der Waals surface area contributed by atoms with Gasteiger partial charge < -0.3 is 10.2 Å². The van der Waals surface area contributed by atoms with Gasteiger partial charge in [-0.15, -0.1) is 12.4 Å². The molecule has 144 valence electrons. The summed E-state index contributed by atoms with van der Waals surface area (Å²) < 4.78 is 33.9. The Bertz CT molecular complexity index is 1120. The van der Waals surface area contributed by atoms with Crippen LogP contribution in [-0.4, -0.2) is 36.4 Å². The molecule has 0 unspecified atom stereocenters. The van der Waals surface area contributed by atoms with Crippen LogP contribution in [0.3, 0.4) is 0 Å². The predicted molar refractivity (Wildman–Crippen MR) is 105 cm³/mol. The molecule has 3 aromatic rings. The summed E-state index contributed by atoms with van der Waals surface area (Å²) in [6.07, 6.45) is 0. The highest BCUT2D eigenvalue weighted by molar-refractivity contribution is 7.89. The number of hydrogen-bond acceptors (Lipinski definition) is 5. The van der Waals surface area contributed by atoms with Crippen LogP contribution in [0.2, 0.25) is 0 Å². The first kappa shape index (κ1) is 19.6. The lowest BCUT2D eigenvalue weighted by Gasteiger charge is -2.16. The molecule has 9 heteroatoms. The molecule has 2 atom stereocenters. The van der Waals surface area contributed by atoms with E-state index in [2.05, 4.69) is 0 Å². The molecule has 1 aliphatic rings. The molecular formula is C18H20ClN3O4S. The number of aryl methyl sites for hydroxylation is 1. The quantitative estimate of drug-likeness (QED) is 0.709. The average Bonchev–Trinajstić information content (AvgIpc) is 3.16. The highest BCUT2D eigenvalue weighted by Gasteiger charge is 2.38. The van der Waals surface area contributed by atoms with Gasteiger partial charge >= 0.3 is 5.76 Å². The summed E-state index contributed by atoms with van der Waals surface area (Å²) >= 11 is 0. The average molecular weight is 410 g/mol. The number of aromatic nitrogens is 1. The zero-order chi connectivity index (χ0) is 18.5. The number of sulfonamides is 1. The Kier molecular flexibility index (Phi) is 5.18. The molecule has 0 amide bonds. The fourth-order valence-corrected chi connectivity index (χ4v) is 4.98. The van der Waals surface area contributed by atoms with Gasteiger partial charge in [0, 0.05) is 38.2 Å². The molecule has 1 aromatic heterocycles. The number of benzene rings is 2. The second-order valence-electron chi connectivity index (χ2n) is 6.56. The molecule has 1 saturated heterocycles. The highest BCUT2D eigenvalue weighted by Crippen LogP contribution is 2.31. The predicted octanol–water partition coefficient (Wildman–Crippen LogP) is 1.67. The molecule has 1 aliphatic heterocycles. The number of hydrogen-bond donors (Lipinski definition) is 1. The maximum Gasteiger partial charge on any atom is 0.419 e. The normalized spacial score (nSPS) is 20.7. The topological polar surface area (TPSA) is 98.5 Å². The Morgan fingerprint density at radius 1 is 1.11 bits per heavy atom. The van der Waals surface area contributed by atoms with E-state index in [4.69, 9.17) is 10.2 Å². The van der Waals surface area contributed by atoms with Gasteiger partial charge in [0.1, 0.15) is 0 Å². The Morgan fingerprint density at radius 2 is 1.81 bits per heavy atom. The lowest BCUT2D eigenvalue weighted by molar-refractivity contribution is 0.470. The van der Waals surface area contributed by atoms with Gasteiger partial charge in [-0.05, 0) is 17.7 Å². The van der Waals surface area contributed by atoms with Gasteiger partial charge in [-0.25, -0.2) is 13.2 Å². The monoisotopic (exact) mass is 409 g/mol. The van der Waals surface area contributed by atoms with Crippen molar-refractivity contribution in [3.63, 3.8) is 0 Å². The second kappa shape index (κ2) is 7.12. The van der Waals surface area contributed by atoms with E-state index in [9.17, 15) is 13.2 Å². The van der Waals surface area contributed by atoms with Crippen LogP contribution in [0.4, 0.5) is 0 Å². The molecule has 0 spiro atoms. The summed E-state index contributed by atoms with van der Waals surface area (Å²) in [6.45, 7) is 0.572. The lowest BCUT2D eigenvalue weighted by Crippen LogP contribution is -2.32. The van der Waals surface area contributed by atoms with E-state index in [1.54, 1.807) is 13.1 Å². The molecule has 7 nitrogen and oxygen atoms in total. The van der Waals surface area contributed by atoms with E-state index in [-0.39, 0.29) is 41.4 Å². The molecule has 0 radical (unpaired) electrons. The minimum absolute atomic E-state index is 0. The Balaban J connectivity index is 0.00000210. The largest absolute Gasteiger partial charge is 0.419 e. The molecule has 2 aromatic carbocycles. The fraction of sp³-hybridized carbons (Fsp3) is 0.278. The van der Waals surface area contributed by atoms with Crippen molar-refractivity contribution in [1.82, 2.24) is 8.87 Å². The third-order valence-corrected chi connectivity index (χ3v) is 6.79. The maximum atomic E-state index is 13.0. The van der Waals surface area contributed by atoms with Crippen molar-refractivity contribution >= 4 is 33.5 Å². The van der Waals surface area contributed by atoms with Crippen molar-refractivity contribution in [3.05, 3.63) is 64.6 Å². The Labute approximate surface area is 162 Å². The SMILES string of the molecule is Cl.Cn1c(=O)oc2cc(S(=O)(=O)N3C[C@@H](N)[C@H](c4ccccc4)C3)ccc21. The molecule has 4 rings (SSSR count). The molecule has 0 bridgehead atoms. The van der Waals surface area contributed by atoms with Crippen LogP contribution in [0.5, 0.6) is 0 Å². The number of nitrogens with zero attached hydrogens (tertiary/aromatic N) is 2. The van der Waals surface area contributed by atoms with Gasteiger partial charge in [-0.3, -0.25) is 4.57 Å². The standard InChI is InChI=1S/C18H19N3O4S.ClH/c1-20-16-8-7-13(9-17(16)25-18(20)22)26(23,24)21-10-14(15(19)11-21)12-5-3-2-4-6-12;/h2-9,14-15H,10-11,19H2,1H3;1H/t14-,15+;/m0./s1. The molecule has 0 aliphatic carbocycles. The van der Waals surface area contributed by atoms with Crippen molar-refractivity contribution in [1.29, 1.82) is 0 Å². The van der Waals surface area contributed by atoms with Gasteiger partial charge in [-0.1, -0.05) is 30.3 Å². The van der Waals surface area contributed by atoms with E-state index in [1.165, 1.54) is 21.0 Å². The van der Waals surface area contributed by atoms with E-state index < -0.39 is 15.8 Å². The van der Waals surface area contributed by atoms with Gasteiger partial charge in [-0.2, -0.15) is 4.31 Å². The van der Waals surface area contributed by atoms with E-state index in [1.807, 2.05) is 30.3 Å². The third kappa shape index (κ3) is 3.29. The zero-order valence-electron chi connectivity index (χ0n) is 14.6. The second-order valence-corrected chi connectivity index (χ2v) is 8.50. The number of fused-ring (bicyclic) bond motifs is 1. The van der Waals surface area contributed by atoms with Crippen LogP contribution >= 0.6 is 12.4 Å². The van der Waals surface area contributed by atoms with E-state index in [0.717, 1.165) is 5.56 Å². The van der Waals surface area contributed by atoms with Crippen LogP contribution in [-0.2, 0) is 17.1 Å². The van der Waals surface area contributed by atoms with Crippen LogP contribution in [0.1, 0.15) is 11.5 Å². The minimum Gasteiger partial charge on any atom is -0.408 e. The van der Waals surface area contributed by atoms with E-state index in [0.29, 0.717) is 12.1 Å². The minimum atomic E-state index is -3.73. The fourth-order valence-electron chi connectivity index (χ4n) is 3.46. The number of halogens is 1. The van der Waals surface area contributed by atoms with Crippen molar-refractivity contribution in [3.8, 4) is 0 Å². The van der Waals surface area contributed by atoms with Gasteiger partial charge in [0.25, 0.3) is 0 Å². The summed E-state index contributed by atoms with van der Waals surface area (Å²) in [4.78, 5) is 11.7. The Hall–Kier alpha value is -2.13. The Morgan fingerprint density at radius 3 is 2.52 bits per heavy atom. The molecular weight excluding hydrogens is 390 g/mol. The molecule has 2 N–H and O–H groups in total. The van der Waals surface area contributed by atoms with Crippen molar-refractivity contribution in [2.45, 2.75) is 16.9 Å². The van der Waals surface area contributed by atoms with Gasteiger partial charge in [0.05, 0.1) is 10.4 Å². The van der Waals surface area contributed by atoms with Crippen LogP contribution in [0.15, 0.2) is 62.6 Å². The summed E-state index contributed by atoms with van der Waals surface area (Å²) in [5.41, 5.74) is 8.05. The number of rotatable bonds is 3. The number of nitrogens with two attached hydrogens (primary N) is 1. The van der Waals surface area contributed by atoms with Crippen LogP contribution in [0.25, 0.3) is 11.1 Å². The van der Waals surface area contributed by atoms with Crippen LogP contribution in [0, 0.1) is 0 Å². The smallest absolute Gasteiger partial charge is 0.408 e. The van der Waals surface area contributed by atoms with Crippen LogP contribution < -0.4 is 11.5 Å². The van der Waals surface area contributed by atoms with Gasteiger partial charge in [0.2, 0.25) is 10.0 Å². The molecule has 0 saturated carbocycles. The summed E-state index contributed by atoms with van der Waals surface area (Å²) in [5.74, 6) is -0.578. The first-order chi connectivity index (χ1) is 12.4. The summed E-state index contributed by atoms with van der Waals surface area (Å²) in [7, 11) is -2.15. The number of oxazole rings is 1. The lowest BCUT2D eigenvalue weighted by atomic mass is 9.95. The molecule has 27 heavy (non-hydrogen) atoms. The third-order valence-electron chi connectivity index (χ3n) is 4.96. The summed E-state index contributed by atoms with van der Waals surface area (Å²) in [6, 6.07) is 13.9. The first-order valence-electron chi connectivity index (χ1n) is 8.28. The maximum absolute atomic E-state index is 13.0. The molecule has 1 fully saturated rings.